The molecule has 0 saturated heterocycles. The van der Waals surface area contributed by atoms with Gasteiger partial charge in [-0.15, -0.1) is 0 Å². The Kier molecular flexibility index (Phi) is 4.26. The molecule has 26 heavy (non-hydrogen) atoms. The van der Waals surface area contributed by atoms with E-state index in [0.29, 0.717) is 0 Å². The molecule has 1 aromatic carbocycles. The number of fused-ring (bicyclic) bond motifs is 1. The lowest BCUT2D eigenvalue weighted by atomic mass is 9.78. The Morgan fingerprint density at radius 3 is 2.58 bits per heavy atom. The summed E-state index contributed by atoms with van der Waals surface area (Å²) in [4.78, 5) is 16.6. The molecule has 2 aromatic rings. The zero-order valence-electron chi connectivity index (χ0n) is 15.4. The first-order valence-electron chi connectivity index (χ1n) is 8.67. The van der Waals surface area contributed by atoms with Gasteiger partial charge in [-0.3, -0.25) is 10.1 Å². The van der Waals surface area contributed by atoms with Gasteiger partial charge in [0, 0.05) is 12.0 Å². The third-order valence-corrected chi connectivity index (χ3v) is 4.85. The molecule has 1 aliphatic carbocycles. The minimum atomic E-state index is -0.805. The lowest BCUT2D eigenvalue weighted by Gasteiger charge is -2.41. The van der Waals surface area contributed by atoms with Crippen molar-refractivity contribution in [2.24, 2.45) is 5.41 Å². The van der Waals surface area contributed by atoms with E-state index < -0.39 is 17.2 Å². The van der Waals surface area contributed by atoms with Crippen LogP contribution in [0, 0.1) is 28.4 Å². The second-order valence-electron chi connectivity index (χ2n) is 8.44. The van der Waals surface area contributed by atoms with Gasteiger partial charge in [0.25, 0.3) is 0 Å². The number of carbonyl (C=O) groups is 1. The highest BCUT2D eigenvalue weighted by Gasteiger charge is 2.39. The molecule has 0 atom stereocenters. The van der Waals surface area contributed by atoms with Crippen molar-refractivity contribution in [2.75, 3.05) is 5.32 Å². The third kappa shape index (κ3) is 3.05. The van der Waals surface area contributed by atoms with Crippen molar-refractivity contribution in [1.82, 2.24) is 9.55 Å². The number of halogens is 2. The number of benzene rings is 1. The quantitative estimate of drug-likeness (QED) is 0.878. The fourth-order valence-corrected chi connectivity index (χ4v) is 3.43. The Morgan fingerprint density at radius 1 is 1.42 bits per heavy atom. The van der Waals surface area contributed by atoms with Crippen molar-refractivity contribution < 1.29 is 13.6 Å². The molecular formula is C19H22F2N4O. The zero-order chi connectivity index (χ0) is 19.3. The monoisotopic (exact) mass is 360 g/mol. The average Bonchev–Trinajstić information content (AvgIpc) is 2.86. The van der Waals surface area contributed by atoms with Crippen LogP contribution in [0.4, 0.5) is 14.7 Å². The Bertz CT molecular complexity index is 930. The normalized spacial score (nSPS) is 16.2. The highest BCUT2D eigenvalue weighted by atomic mass is 19.1. The number of rotatable bonds is 3. The molecule has 5 nitrogen and oxygen atoms in total. The van der Waals surface area contributed by atoms with Gasteiger partial charge in [0.15, 0.2) is 11.6 Å². The van der Waals surface area contributed by atoms with Crippen molar-refractivity contribution in [3.63, 3.8) is 0 Å². The topological polar surface area (TPSA) is 70.7 Å². The fraction of sp³-hybridized carbons (Fsp3) is 0.526. The molecule has 1 heterocycles. The smallest absolute Gasteiger partial charge is 0.227 e. The summed E-state index contributed by atoms with van der Waals surface area (Å²) in [6.45, 7) is 7.72. The SMILES string of the molecule is CC(C)(C)CC(=O)Nc1nc2c(F)cc(C#N)c(F)c2n1C1(C)CCC1. The summed E-state index contributed by atoms with van der Waals surface area (Å²) in [5.74, 6) is -1.71. The summed E-state index contributed by atoms with van der Waals surface area (Å²) >= 11 is 0. The van der Waals surface area contributed by atoms with E-state index in [1.807, 2.05) is 27.7 Å². The maximum Gasteiger partial charge on any atom is 0.227 e. The van der Waals surface area contributed by atoms with Crippen LogP contribution in [0.15, 0.2) is 6.07 Å². The molecule has 1 saturated carbocycles. The van der Waals surface area contributed by atoms with Gasteiger partial charge in [-0.25, -0.2) is 13.8 Å². The lowest BCUT2D eigenvalue weighted by Crippen LogP contribution is -2.38. The van der Waals surface area contributed by atoms with Gasteiger partial charge in [0.1, 0.15) is 17.1 Å². The number of nitriles is 1. The molecule has 1 N–H and O–H groups in total. The van der Waals surface area contributed by atoms with Gasteiger partial charge in [-0.05, 0) is 37.7 Å². The molecule has 0 aliphatic heterocycles. The molecule has 1 fully saturated rings. The summed E-state index contributed by atoms with van der Waals surface area (Å²) in [6, 6.07) is 2.53. The van der Waals surface area contributed by atoms with Crippen LogP contribution in [0.1, 0.15) is 58.9 Å². The van der Waals surface area contributed by atoms with E-state index in [-0.39, 0.29) is 40.3 Å². The molecule has 1 aromatic heterocycles. The van der Waals surface area contributed by atoms with E-state index in [4.69, 9.17) is 5.26 Å². The first-order valence-corrected chi connectivity index (χ1v) is 8.67. The lowest BCUT2D eigenvalue weighted by molar-refractivity contribution is -0.117. The third-order valence-electron chi connectivity index (χ3n) is 4.85. The summed E-state index contributed by atoms with van der Waals surface area (Å²) in [6.07, 6.45) is 2.73. The predicted molar refractivity (Wildman–Crippen MR) is 94.6 cm³/mol. The van der Waals surface area contributed by atoms with Crippen LogP contribution >= 0.6 is 0 Å². The van der Waals surface area contributed by atoms with E-state index in [1.54, 1.807) is 10.6 Å². The number of nitrogens with zero attached hydrogens (tertiary/aromatic N) is 3. The van der Waals surface area contributed by atoms with Crippen molar-refractivity contribution in [1.29, 1.82) is 5.26 Å². The van der Waals surface area contributed by atoms with E-state index in [9.17, 15) is 13.6 Å². The van der Waals surface area contributed by atoms with Crippen molar-refractivity contribution in [3.05, 3.63) is 23.3 Å². The van der Waals surface area contributed by atoms with Crippen LogP contribution in [-0.4, -0.2) is 15.5 Å². The van der Waals surface area contributed by atoms with Crippen LogP contribution in [0.3, 0.4) is 0 Å². The highest BCUT2D eigenvalue weighted by molar-refractivity contribution is 5.92. The van der Waals surface area contributed by atoms with E-state index in [0.717, 1.165) is 25.3 Å². The number of carbonyl (C=O) groups excluding carboxylic acids is 1. The molecular weight excluding hydrogens is 338 g/mol. The van der Waals surface area contributed by atoms with Gasteiger partial charge in [-0.2, -0.15) is 5.26 Å². The number of aromatic nitrogens is 2. The molecule has 0 spiro atoms. The van der Waals surface area contributed by atoms with Gasteiger partial charge in [0.05, 0.1) is 5.56 Å². The predicted octanol–water partition coefficient (Wildman–Crippen LogP) is 4.46. The van der Waals surface area contributed by atoms with Crippen LogP contribution in [0.5, 0.6) is 0 Å². The number of nitrogens with one attached hydrogen (secondary N) is 1. The Hall–Kier alpha value is -2.49. The van der Waals surface area contributed by atoms with Crippen molar-refractivity contribution >= 4 is 22.9 Å². The first-order chi connectivity index (χ1) is 12.1. The van der Waals surface area contributed by atoms with Crippen LogP contribution in [0.2, 0.25) is 0 Å². The first kappa shape index (κ1) is 18.3. The maximum atomic E-state index is 14.9. The number of hydrogen-bond donors (Lipinski definition) is 1. The van der Waals surface area contributed by atoms with Crippen molar-refractivity contribution in [2.45, 2.75) is 58.9 Å². The fourth-order valence-electron chi connectivity index (χ4n) is 3.43. The Morgan fingerprint density at radius 2 is 2.08 bits per heavy atom. The van der Waals surface area contributed by atoms with Gasteiger partial charge >= 0.3 is 0 Å². The number of imidazole rings is 1. The van der Waals surface area contributed by atoms with Gasteiger partial charge < -0.3 is 4.57 Å². The van der Waals surface area contributed by atoms with E-state index in [2.05, 4.69) is 10.3 Å². The van der Waals surface area contributed by atoms with E-state index >= 15 is 0 Å². The highest BCUT2D eigenvalue weighted by Crippen LogP contribution is 2.44. The van der Waals surface area contributed by atoms with Gasteiger partial charge in [0.2, 0.25) is 11.9 Å². The molecule has 7 heteroatoms. The van der Waals surface area contributed by atoms with Crippen molar-refractivity contribution in [3.8, 4) is 6.07 Å². The number of amides is 1. The molecule has 138 valence electrons. The summed E-state index contributed by atoms with van der Waals surface area (Å²) < 4.78 is 30.8. The summed E-state index contributed by atoms with van der Waals surface area (Å²) in [5, 5.41) is 11.8. The molecule has 1 aliphatic rings. The minimum absolute atomic E-state index is 0.0604. The second-order valence-corrected chi connectivity index (χ2v) is 8.44. The van der Waals surface area contributed by atoms with E-state index in [1.165, 1.54) is 0 Å². The number of hydrogen-bond acceptors (Lipinski definition) is 3. The molecule has 0 radical (unpaired) electrons. The Labute approximate surface area is 151 Å². The van der Waals surface area contributed by atoms with Crippen LogP contribution in [-0.2, 0) is 10.3 Å². The average molecular weight is 360 g/mol. The minimum Gasteiger partial charge on any atom is -0.301 e. The van der Waals surface area contributed by atoms with Crippen LogP contribution in [0.25, 0.3) is 11.0 Å². The Balaban J connectivity index is 2.19. The second kappa shape index (κ2) is 6.04. The maximum absolute atomic E-state index is 14.9. The van der Waals surface area contributed by atoms with Crippen LogP contribution < -0.4 is 5.32 Å². The molecule has 3 rings (SSSR count). The largest absolute Gasteiger partial charge is 0.301 e. The number of anilines is 1. The summed E-state index contributed by atoms with van der Waals surface area (Å²) in [5.41, 5.74) is -1.30. The molecule has 1 amide bonds. The summed E-state index contributed by atoms with van der Waals surface area (Å²) in [7, 11) is 0. The molecule has 0 bridgehead atoms. The van der Waals surface area contributed by atoms with Gasteiger partial charge in [-0.1, -0.05) is 20.8 Å². The molecule has 0 unspecified atom stereocenters. The zero-order valence-corrected chi connectivity index (χ0v) is 15.4. The standard InChI is InChI=1S/C19H22F2N4O/c1-18(2,3)9-13(26)23-17-24-15-12(20)8-11(10-22)14(21)16(15)25(17)19(4)6-5-7-19/h8H,5-7,9H2,1-4H3,(H,23,24,26).